The summed E-state index contributed by atoms with van der Waals surface area (Å²) < 4.78 is 13.6. The lowest BCUT2D eigenvalue weighted by Crippen LogP contribution is -2.30. The van der Waals surface area contributed by atoms with Crippen molar-refractivity contribution in [2.75, 3.05) is 13.2 Å². The Morgan fingerprint density at radius 3 is 3.00 bits per heavy atom. The predicted molar refractivity (Wildman–Crippen MR) is 67.1 cm³/mol. The Labute approximate surface area is 107 Å². The normalized spacial score (nSPS) is 26.7. The average Bonchev–Trinajstić information content (AvgIpc) is 2.96. The molecule has 100 valence electrons. The fourth-order valence-electron chi connectivity index (χ4n) is 2.38. The fraction of sp³-hybridized carbons (Fsp3) is 0.769. The molecule has 0 bridgehead atoms. The minimum absolute atomic E-state index is 0.150. The second-order valence-corrected chi connectivity index (χ2v) is 5.61. The highest BCUT2D eigenvalue weighted by Crippen LogP contribution is 2.35. The van der Waals surface area contributed by atoms with Crippen LogP contribution in [-0.2, 0) is 16.0 Å². The quantitative estimate of drug-likeness (QED) is 0.860. The molecule has 2 fully saturated rings. The summed E-state index contributed by atoms with van der Waals surface area (Å²) in [6, 6.07) is 0.689. The maximum atomic E-state index is 5.75. The van der Waals surface area contributed by atoms with Gasteiger partial charge in [0, 0.05) is 25.3 Å². The van der Waals surface area contributed by atoms with Crippen molar-refractivity contribution >= 4 is 0 Å². The number of imidazole rings is 1. The average molecular weight is 251 g/mol. The van der Waals surface area contributed by atoms with Gasteiger partial charge in [0.05, 0.1) is 24.7 Å². The third-order valence-corrected chi connectivity index (χ3v) is 3.43. The summed E-state index contributed by atoms with van der Waals surface area (Å²) in [6.45, 7) is 6.24. The molecule has 1 unspecified atom stereocenters. The van der Waals surface area contributed by atoms with Gasteiger partial charge in [-0.3, -0.25) is 0 Å². The Morgan fingerprint density at radius 1 is 1.50 bits per heavy atom. The molecule has 1 N–H and O–H groups in total. The van der Waals surface area contributed by atoms with Crippen LogP contribution in [0.25, 0.3) is 0 Å². The van der Waals surface area contributed by atoms with Crippen LogP contribution < -0.4 is 5.32 Å². The van der Waals surface area contributed by atoms with Crippen LogP contribution in [0.5, 0.6) is 0 Å². The molecule has 1 atom stereocenters. The third-order valence-electron chi connectivity index (χ3n) is 3.43. The zero-order chi connectivity index (χ0) is 12.6. The third kappa shape index (κ3) is 2.74. The molecule has 1 saturated carbocycles. The van der Waals surface area contributed by atoms with Gasteiger partial charge in [0.1, 0.15) is 0 Å². The van der Waals surface area contributed by atoms with Crippen LogP contribution >= 0.6 is 0 Å². The van der Waals surface area contributed by atoms with E-state index in [-0.39, 0.29) is 6.10 Å². The predicted octanol–water partition coefficient (Wildman–Crippen LogP) is 1.46. The summed E-state index contributed by atoms with van der Waals surface area (Å²) in [5.74, 6) is -0.428. The summed E-state index contributed by atoms with van der Waals surface area (Å²) in [5.41, 5.74) is 1.26. The molecule has 2 aliphatic rings. The molecule has 1 aromatic heterocycles. The Balaban J connectivity index is 1.46. The lowest BCUT2D eigenvalue weighted by atomic mass is 10.3. The van der Waals surface area contributed by atoms with Crippen LogP contribution in [-0.4, -0.2) is 34.6 Å². The number of hydrogen-bond donors (Lipinski definition) is 1. The van der Waals surface area contributed by atoms with Crippen molar-refractivity contribution in [3.05, 3.63) is 18.2 Å². The van der Waals surface area contributed by atoms with Gasteiger partial charge in [-0.1, -0.05) is 0 Å². The van der Waals surface area contributed by atoms with Gasteiger partial charge in [-0.25, -0.2) is 4.98 Å². The fourth-order valence-corrected chi connectivity index (χ4v) is 2.38. The van der Waals surface area contributed by atoms with Crippen LogP contribution in [0.2, 0.25) is 0 Å². The topological polar surface area (TPSA) is 48.3 Å². The lowest BCUT2D eigenvalue weighted by Gasteiger charge is -2.17. The Hall–Kier alpha value is -0.910. The summed E-state index contributed by atoms with van der Waals surface area (Å²) in [5, 5.41) is 3.42. The first-order chi connectivity index (χ1) is 8.64. The molecular formula is C13H21N3O2. The minimum Gasteiger partial charge on any atom is -0.348 e. The zero-order valence-electron chi connectivity index (χ0n) is 11.1. The molecule has 1 aliphatic heterocycles. The van der Waals surface area contributed by atoms with Crippen LogP contribution in [0.1, 0.15) is 38.4 Å². The molecule has 3 rings (SSSR count). The number of rotatable bonds is 5. The first-order valence-corrected chi connectivity index (χ1v) is 6.67. The molecule has 0 amide bonds. The van der Waals surface area contributed by atoms with Crippen molar-refractivity contribution in [1.82, 2.24) is 14.9 Å². The molecule has 5 nitrogen and oxygen atoms in total. The number of nitrogens with one attached hydrogen (secondary N) is 1. The van der Waals surface area contributed by atoms with Crippen LogP contribution in [0.3, 0.4) is 0 Å². The van der Waals surface area contributed by atoms with Crippen molar-refractivity contribution in [3.63, 3.8) is 0 Å². The van der Waals surface area contributed by atoms with E-state index in [4.69, 9.17) is 9.47 Å². The van der Waals surface area contributed by atoms with Gasteiger partial charge in [-0.05, 0) is 26.7 Å². The van der Waals surface area contributed by atoms with E-state index >= 15 is 0 Å². The van der Waals surface area contributed by atoms with Crippen molar-refractivity contribution < 1.29 is 9.47 Å². The van der Waals surface area contributed by atoms with Gasteiger partial charge in [0.25, 0.3) is 0 Å². The second kappa shape index (κ2) is 4.64. The van der Waals surface area contributed by atoms with E-state index in [0.717, 1.165) is 13.1 Å². The molecule has 1 aromatic rings. The molecule has 0 radical (unpaired) electrons. The lowest BCUT2D eigenvalue weighted by molar-refractivity contribution is -0.137. The smallest absolute Gasteiger partial charge is 0.163 e. The first-order valence-electron chi connectivity index (χ1n) is 6.67. The Morgan fingerprint density at radius 2 is 2.33 bits per heavy atom. The highest BCUT2D eigenvalue weighted by atomic mass is 16.7. The number of ether oxygens (including phenoxy) is 2. The summed E-state index contributed by atoms with van der Waals surface area (Å²) in [7, 11) is 0. The molecule has 0 spiro atoms. The molecule has 5 heteroatoms. The largest absolute Gasteiger partial charge is 0.348 e. The summed E-state index contributed by atoms with van der Waals surface area (Å²) in [4.78, 5) is 4.22. The maximum Gasteiger partial charge on any atom is 0.163 e. The number of nitrogens with zero attached hydrogens (tertiary/aromatic N) is 2. The minimum atomic E-state index is -0.428. The molecule has 1 aliphatic carbocycles. The van der Waals surface area contributed by atoms with E-state index in [1.165, 1.54) is 18.5 Å². The van der Waals surface area contributed by atoms with Crippen molar-refractivity contribution in [1.29, 1.82) is 0 Å². The van der Waals surface area contributed by atoms with E-state index in [1.807, 2.05) is 26.4 Å². The van der Waals surface area contributed by atoms with Crippen molar-refractivity contribution in [2.45, 2.75) is 51.2 Å². The van der Waals surface area contributed by atoms with Crippen LogP contribution in [0, 0.1) is 0 Å². The molecule has 0 aromatic carbocycles. The van der Waals surface area contributed by atoms with Gasteiger partial charge in [0.2, 0.25) is 0 Å². The van der Waals surface area contributed by atoms with Crippen LogP contribution in [0.15, 0.2) is 12.5 Å². The van der Waals surface area contributed by atoms with E-state index in [1.54, 1.807) is 0 Å². The maximum absolute atomic E-state index is 5.75. The Bertz CT molecular complexity index is 412. The van der Waals surface area contributed by atoms with Gasteiger partial charge in [0.15, 0.2) is 5.79 Å². The SMILES string of the molecule is CC1(C)OCC(CNCc2cncn2C2CC2)O1. The van der Waals surface area contributed by atoms with Crippen molar-refractivity contribution in [2.24, 2.45) is 0 Å². The molecular weight excluding hydrogens is 230 g/mol. The highest BCUT2D eigenvalue weighted by molar-refractivity contribution is 5.03. The standard InChI is InChI=1S/C13H21N3O2/c1-13(2)17-8-12(18-13)7-14-5-11-6-15-9-16(11)10-3-4-10/h6,9-10,12,14H,3-5,7-8H2,1-2H3. The molecule has 2 heterocycles. The van der Waals surface area contributed by atoms with Gasteiger partial charge >= 0.3 is 0 Å². The van der Waals surface area contributed by atoms with E-state index in [0.29, 0.717) is 12.6 Å². The molecule has 1 saturated heterocycles. The highest BCUT2D eigenvalue weighted by Gasteiger charge is 2.32. The Kier molecular flexibility index (Phi) is 3.13. The molecule has 18 heavy (non-hydrogen) atoms. The summed E-state index contributed by atoms with van der Waals surface area (Å²) in [6.07, 6.45) is 6.61. The van der Waals surface area contributed by atoms with Crippen LogP contribution in [0.4, 0.5) is 0 Å². The van der Waals surface area contributed by atoms with Gasteiger partial charge in [-0.2, -0.15) is 0 Å². The second-order valence-electron chi connectivity index (χ2n) is 5.61. The van der Waals surface area contributed by atoms with E-state index < -0.39 is 5.79 Å². The van der Waals surface area contributed by atoms with Gasteiger partial charge in [-0.15, -0.1) is 0 Å². The zero-order valence-corrected chi connectivity index (χ0v) is 11.1. The number of aromatic nitrogens is 2. The summed E-state index contributed by atoms with van der Waals surface area (Å²) >= 11 is 0. The monoisotopic (exact) mass is 251 g/mol. The van der Waals surface area contributed by atoms with E-state index in [9.17, 15) is 0 Å². The first kappa shape index (κ1) is 12.1. The van der Waals surface area contributed by atoms with Crippen molar-refractivity contribution in [3.8, 4) is 0 Å². The van der Waals surface area contributed by atoms with Gasteiger partial charge < -0.3 is 19.4 Å². The number of hydrogen-bond acceptors (Lipinski definition) is 4. The van der Waals surface area contributed by atoms with E-state index in [2.05, 4.69) is 14.9 Å².